The first-order valence-electron chi connectivity index (χ1n) is 6.40. The number of anilines is 1. The second-order valence-corrected chi connectivity index (χ2v) is 7.71. The van der Waals surface area contributed by atoms with Crippen molar-refractivity contribution in [1.82, 2.24) is 0 Å². The van der Waals surface area contributed by atoms with Gasteiger partial charge < -0.3 is 0 Å². The molecule has 6 heteroatoms. The second kappa shape index (κ2) is 6.38. The molecule has 0 N–H and O–H groups in total. The van der Waals surface area contributed by atoms with Gasteiger partial charge in [-0.05, 0) is 61.9 Å². The first-order valence-corrected chi connectivity index (χ1v) is 9.02. The molecule has 2 aromatic rings. The molecule has 0 aromatic heterocycles. The molecule has 0 aliphatic heterocycles. The maximum absolute atomic E-state index is 12.7. The lowest BCUT2D eigenvalue weighted by atomic mass is 10.2. The van der Waals surface area contributed by atoms with Crippen molar-refractivity contribution < 1.29 is 8.42 Å². The van der Waals surface area contributed by atoms with Gasteiger partial charge in [0.1, 0.15) is 0 Å². The smallest absolute Gasteiger partial charge is 0.264 e. The van der Waals surface area contributed by atoms with Crippen LogP contribution in [0.4, 0.5) is 5.69 Å². The monoisotopic (exact) mass is 387 g/mol. The molecule has 0 heterocycles. The number of halogens is 2. The quantitative estimate of drug-likeness (QED) is 0.766. The third-order valence-corrected chi connectivity index (χ3v) is 6.18. The first-order chi connectivity index (χ1) is 9.86. The predicted octanol–water partition coefficient (Wildman–Crippen LogP) is 4.63. The van der Waals surface area contributed by atoms with Crippen LogP contribution in [0.1, 0.15) is 12.5 Å². The molecule has 0 saturated heterocycles. The third-order valence-electron chi connectivity index (χ3n) is 3.12. The molecule has 0 aliphatic carbocycles. The minimum absolute atomic E-state index is 0.231. The molecule has 2 rings (SSSR count). The fourth-order valence-electron chi connectivity index (χ4n) is 2.01. The van der Waals surface area contributed by atoms with E-state index in [4.69, 9.17) is 11.6 Å². The Hall–Kier alpha value is -1.04. The van der Waals surface area contributed by atoms with Crippen molar-refractivity contribution in [2.45, 2.75) is 18.7 Å². The van der Waals surface area contributed by atoms with Crippen LogP contribution >= 0.6 is 27.5 Å². The lowest BCUT2D eigenvalue weighted by Crippen LogP contribution is -2.30. The zero-order valence-electron chi connectivity index (χ0n) is 11.7. The largest absolute Gasteiger partial charge is 0.267 e. The van der Waals surface area contributed by atoms with Gasteiger partial charge in [0.2, 0.25) is 0 Å². The van der Waals surface area contributed by atoms with Gasteiger partial charge >= 0.3 is 0 Å². The summed E-state index contributed by atoms with van der Waals surface area (Å²) in [5, 5.41) is 0.511. The molecule has 0 spiro atoms. The molecule has 0 atom stereocenters. The molecule has 21 heavy (non-hydrogen) atoms. The Labute approximate surface area is 138 Å². The zero-order valence-corrected chi connectivity index (χ0v) is 14.8. The fourth-order valence-corrected chi connectivity index (χ4v) is 3.85. The number of aryl methyl sites for hydroxylation is 1. The van der Waals surface area contributed by atoms with E-state index in [-0.39, 0.29) is 4.90 Å². The van der Waals surface area contributed by atoms with E-state index in [0.717, 1.165) is 10.0 Å². The van der Waals surface area contributed by atoms with E-state index in [1.54, 1.807) is 18.2 Å². The summed E-state index contributed by atoms with van der Waals surface area (Å²) >= 11 is 9.24. The summed E-state index contributed by atoms with van der Waals surface area (Å²) in [6.07, 6.45) is 0. The van der Waals surface area contributed by atoms with Crippen LogP contribution in [0.3, 0.4) is 0 Å². The van der Waals surface area contributed by atoms with Crippen LogP contribution in [-0.4, -0.2) is 15.0 Å². The zero-order chi connectivity index (χ0) is 15.6. The molecule has 0 unspecified atom stereocenters. The second-order valence-electron chi connectivity index (χ2n) is 4.56. The molecule has 3 nitrogen and oxygen atoms in total. The molecule has 0 aliphatic rings. The Bertz CT molecular complexity index is 745. The van der Waals surface area contributed by atoms with Crippen molar-refractivity contribution in [2.75, 3.05) is 10.8 Å². The lowest BCUT2D eigenvalue weighted by molar-refractivity contribution is 0.592. The standard InChI is InChI=1S/C15H15BrClNO2S/c1-3-18(13-6-9-15(16)11(2)10-13)21(19,20)14-7-4-12(17)5-8-14/h4-10H,3H2,1-2H3. The Morgan fingerprint density at radius 1 is 1.14 bits per heavy atom. The summed E-state index contributed by atoms with van der Waals surface area (Å²) in [4.78, 5) is 0.231. The molecule has 0 amide bonds. The van der Waals surface area contributed by atoms with Crippen LogP contribution in [-0.2, 0) is 10.0 Å². The fraction of sp³-hybridized carbons (Fsp3) is 0.200. The molecule has 0 radical (unpaired) electrons. The maximum Gasteiger partial charge on any atom is 0.264 e. The molecule has 2 aromatic carbocycles. The Morgan fingerprint density at radius 3 is 2.29 bits per heavy atom. The molecular formula is C15H15BrClNO2S. The summed E-state index contributed by atoms with van der Waals surface area (Å²) < 4.78 is 27.8. The number of rotatable bonds is 4. The van der Waals surface area contributed by atoms with Gasteiger partial charge in [-0.15, -0.1) is 0 Å². The summed E-state index contributed by atoms with van der Waals surface area (Å²) in [6.45, 7) is 4.09. The SMILES string of the molecule is CCN(c1ccc(Br)c(C)c1)S(=O)(=O)c1ccc(Cl)cc1. The number of hydrogen-bond donors (Lipinski definition) is 0. The van der Waals surface area contributed by atoms with Gasteiger partial charge in [0.15, 0.2) is 0 Å². The van der Waals surface area contributed by atoms with E-state index in [0.29, 0.717) is 17.3 Å². The lowest BCUT2D eigenvalue weighted by Gasteiger charge is -2.23. The highest BCUT2D eigenvalue weighted by Gasteiger charge is 2.23. The van der Waals surface area contributed by atoms with Crippen LogP contribution in [0.15, 0.2) is 51.8 Å². The Morgan fingerprint density at radius 2 is 1.76 bits per heavy atom. The van der Waals surface area contributed by atoms with E-state index in [1.165, 1.54) is 16.4 Å². The van der Waals surface area contributed by atoms with Crippen LogP contribution in [0.5, 0.6) is 0 Å². The normalized spacial score (nSPS) is 11.4. The molecular weight excluding hydrogens is 374 g/mol. The predicted molar refractivity (Wildman–Crippen MR) is 90.5 cm³/mol. The maximum atomic E-state index is 12.7. The van der Waals surface area contributed by atoms with Crippen molar-refractivity contribution in [2.24, 2.45) is 0 Å². The highest BCUT2D eigenvalue weighted by atomic mass is 79.9. The van der Waals surface area contributed by atoms with Crippen molar-refractivity contribution in [3.05, 3.63) is 57.5 Å². The third kappa shape index (κ3) is 3.42. The van der Waals surface area contributed by atoms with E-state index in [9.17, 15) is 8.42 Å². The number of nitrogens with zero attached hydrogens (tertiary/aromatic N) is 1. The van der Waals surface area contributed by atoms with Gasteiger partial charge in [0.25, 0.3) is 10.0 Å². The van der Waals surface area contributed by atoms with Gasteiger partial charge in [-0.3, -0.25) is 4.31 Å². The summed E-state index contributed by atoms with van der Waals surface area (Å²) in [7, 11) is -3.59. The van der Waals surface area contributed by atoms with Crippen molar-refractivity contribution in [3.8, 4) is 0 Å². The van der Waals surface area contributed by atoms with Gasteiger partial charge in [-0.2, -0.15) is 0 Å². The highest BCUT2D eigenvalue weighted by Crippen LogP contribution is 2.28. The van der Waals surface area contributed by atoms with Crippen molar-refractivity contribution in [1.29, 1.82) is 0 Å². The Balaban J connectivity index is 2.48. The molecule has 0 fully saturated rings. The van der Waals surface area contributed by atoms with Crippen LogP contribution in [0.2, 0.25) is 5.02 Å². The van der Waals surface area contributed by atoms with Crippen LogP contribution < -0.4 is 4.31 Å². The average Bonchev–Trinajstić information content (AvgIpc) is 2.44. The topological polar surface area (TPSA) is 37.4 Å². The molecule has 0 bridgehead atoms. The van der Waals surface area contributed by atoms with Crippen LogP contribution in [0, 0.1) is 6.92 Å². The van der Waals surface area contributed by atoms with Gasteiger partial charge in [0, 0.05) is 16.0 Å². The summed E-state index contributed by atoms with van der Waals surface area (Å²) in [5.74, 6) is 0. The number of sulfonamides is 1. The summed E-state index contributed by atoms with van der Waals surface area (Å²) in [5.41, 5.74) is 1.63. The molecule has 0 saturated carbocycles. The van der Waals surface area contributed by atoms with Gasteiger partial charge in [0.05, 0.1) is 10.6 Å². The number of benzene rings is 2. The Kier molecular flexibility index (Phi) is 4.96. The van der Waals surface area contributed by atoms with Crippen molar-refractivity contribution in [3.63, 3.8) is 0 Å². The number of hydrogen-bond acceptors (Lipinski definition) is 2. The first kappa shape index (κ1) is 16.3. The van der Waals surface area contributed by atoms with E-state index in [1.807, 2.05) is 26.0 Å². The minimum Gasteiger partial charge on any atom is -0.267 e. The highest BCUT2D eigenvalue weighted by molar-refractivity contribution is 9.10. The van der Waals surface area contributed by atoms with E-state index < -0.39 is 10.0 Å². The summed E-state index contributed by atoms with van der Waals surface area (Å²) in [6, 6.07) is 11.7. The van der Waals surface area contributed by atoms with E-state index >= 15 is 0 Å². The minimum atomic E-state index is -3.59. The molecule has 112 valence electrons. The van der Waals surface area contributed by atoms with Gasteiger partial charge in [-0.1, -0.05) is 27.5 Å². The average molecular weight is 389 g/mol. The van der Waals surface area contributed by atoms with Crippen molar-refractivity contribution >= 4 is 43.2 Å². The van der Waals surface area contributed by atoms with E-state index in [2.05, 4.69) is 15.9 Å². The van der Waals surface area contributed by atoms with Gasteiger partial charge in [-0.25, -0.2) is 8.42 Å². The van der Waals surface area contributed by atoms with Crippen LogP contribution in [0.25, 0.3) is 0 Å².